The maximum Gasteiger partial charge on any atom is 0.269 e. The first-order valence-electron chi connectivity index (χ1n) is 13.4. The molecule has 0 saturated carbocycles. The third kappa shape index (κ3) is 6.86. The second-order valence-corrected chi connectivity index (χ2v) is 15.6. The summed E-state index contributed by atoms with van der Waals surface area (Å²) < 4.78 is 67.3. The van der Waals surface area contributed by atoms with Crippen molar-refractivity contribution in [1.29, 1.82) is 0 Å². The van der Waals surface area contributed by atoms with Crippen LogP contribution in [-0.2, 0) is 20.2 Å². The molecule has 0 aliphatic carbocycles. The maximum atomic E-state index is 12.0. The molecule has 2 aromatic rings. The van der Waals surface area contributed by atoms with Gasteiger partial charge in [0.25, 0.3) is 20.2 Å². The lowest BCUT2D eigenvalue weighted by atomic mass is 10.2. The van der Waals surface area contributed by atoms with Crippen LogP contribution in [-0.4, -0.2) is 68.8 Å². The minimum Gasteiger partial charge on any atom is -0.346 e. The van der Waals surface area contributed by atoms with Crippen LogP contribution in [0.25, 0.3) is 0 Å². The summed E-state index contributed by atoms with van der Waals surface area (Å²) in [6.07, 6.45) is 4.95. The summed E-state index contributed by atoms with van der Waals surface area (Å²) in [5.74, 6) is 0.616. The highest BCUT2D eigenvalue weighted by molar-refractivity contribution is 7.86. The van der Waals surface area contributed by atoms with Gasteiger partial charge in [0.15, 0.2) is 0 Å². The molecule has 3 atom stereocenters. The van der Waals surface area contributed by atoms with Crippen molar-refractivity contribution in [3.63, 3.8) is 0 Å². The van der Waals surface area contributed by atoms with Gasteiger partial charge in [-0.15, -0.1) is 0 Å². The third-order valence-electron chi connectivity index (χ3n) is 7.52. The molecule has 0 saturated heterocycles. The van der Waals surface area contributed by atoms with Crippen molar-refractivity contribution in [2.24, 2.45) is 0 Å². The van der Waals surface area contributed by atoms with Gasteiger partial charge in [-0.1, -0.05) is 52.5 Å². The van der Waals surface area contributed by atoms with Gasteiger partial charge in [-0.25, -0.2) is 0 Å². The van der Waals surface area contributed by atoms with Gasteiger partial charge in [0.05, 0.1) is 42.8 Å². The van der Waals surface area contributed by atoms with Crippen LogP contribution in [0.3, 0.4) is 0 Å². The average molecular weight is 715 g/mol. The molecular formula is C27H32Cl4N4O6S2. The average Bonchev–Trinajstić information content (AvgIpc) is 3.34. The summed E-state index contributed by atoms with van der Waals surface area (Å²) in [7, 11) is -8.67. The van der Waals surface area contributed by atoms with Crippen molar-refractivity contribution < 1.29 is 25.9 Å². The first kappa shape index (κ1) is 34.0. The van der Waals surface area contributed by atoms with Crippen LogP contribution < -0.4 is 19.6 Å². The van der Waals surface area contributed by atoms with Gasteiger partial charge in [-0.05, 0) is 64.1 Å². The molecule has 2 heterocycles. The number of rotatable bonds is 10. The summed E-state index contributed by atoms with van der Waals surface area (Å²) >= 11 is 25.3. The van der Waals surface area contributed by atoms with E-state index < -0.39 is 36.9 Å². The number of hydrogen-bond donors (Lipinski definition) is 2. The highest BCUT2D eigenvalue weighted by Gasteiger charge is 2.37. The fourth-order valence-electron chi connectivity index (χ4n) is 5.23. The maximum absolute atomic E-state index is 12.0. The quantitative estimate of drug-likeness (QED) is 0.262. The number of anilines is 4. The molecule has 4 rings (SSSR count). The zero-order valence-electron chi connectivity index (χ0n) is 23.7. The number of allylic oxidation sites excluding steroid dienone is 2. The van der Waals surface area contributed by atoms with Gasteiger partial charge < -0.3 is 19.6 Å². The van der Waals surface area contributed by atoms with Crippen LogP contribution in [0.4, 0.5) is 22.7 Å². The molecular weight excluding hydrogens is 682 g/mol. The number of benzene rings is 2. The molecule has 0 amide bonds. The number of fused-ring (bicyclic) bond motifs is 2. The van der Waals surface area contributed by atoms with E-state index in [2.05, 4.69) is 0 Å². The Morgan fingerprint density at radius 1 is 0.721 bits per heavy atom. The van der Waals surface area contributed by atoms with Crippen molar-refractivity contribution in [2.45, 2.75) is 44.4 Å². The molecule has 2 aliphatic heterocycles. The Balaban J connectivity index is 1.79. The van der Waals surface area contributed by atoms with E-state index in [1.807, 2.05) is 34.6 Å². The van der Waals surface area contributed by atoms with E-state index in [0.717, 1.165) is 11.4 Å². The molecule has 2 N–H and O–H groups in total. The molecule has 43 heavy (non-hydrogen) atoms. The van der Waals surface area contributed by atoms with E-state index in [9.17, 15) is 25.9 Å². The molecule has 10 nitrogen and oxygen atoms in total. The topological polar surface area (TPSA) is 122 Å². The largest absolute Gasteiger partial charge is 0.346 e. The molecule has 236 valence electrons. The first-order chi connectivity index (χ1) is 20.0. The standard InChI is InChI=1S/C27H32Cl4N4O6S2/c1-5-32-22-10-18(28)20(30)12-24(22)34(14-16(3)42(36,37)38)26(32)8-7-9-27-33(6-2)23-11-19(29)21(31)13-25(23)35(27)15-17(4)43(39,40)41/h7-13,16-17,26H,5-6,14-15H2,1-4H3,(H,36,37,38)(H,39,40,41)/b8-7+,27-9-. The SMILES string of the molecule is CCN1/C(=C/C=C/C2N(CC)c3cc(Cl)c(Cl)cc3N2CC(C)S(=O)(=O)O)N(CC(C)S(=O)(=O)O)c2cc(Cl)c(Cl)cc21. The van der Waals surface area contributed by atoms with Gasteiger partial charge in [-0.2, -0.15) is 16.8 Å². The van der Waals surface area contributed by atoms with Crippen molar-refractivity contribution in [2.75, 3.05) is 45.8 Å². The first-order valence-corrected chi connectivity index (χ1v) is 17.9. The van der Waals surface area contributed by atoms with E-state index >= 15 is 0 Å². The Labute approximate surface area is 272 Å². The molecule has 2 aromatic carbocycles. The minimum atomic E-state index is -4.34. The van der Waals surface area contributed by atoms with Gasteiger partial charge in [0.1, 0.15) is 22.5 Å². The minimum absolute atomic E-state index is 0.0343. The fourth-order valence-corrected chi connectivity index (χ4v) is 6.55. The normalized spacial score (nSPS) is 19.5. The lowest BCUT2D eigenvalue weighted by Gasteiger charge is -2.31. The fraction of sp³-hybridized carbons (Fsp3) is 0.407. The van der Waals surface area contributed by atoms with E-state index in [1.54, 1.807) is 41.3 Å². The Morgan fingerprint density at radius 3 is 1.63 bits per heavy atom. The van der Waals surface area contributed by atoms with Crippen LogP contribution in [0.5, 0.6) is 0 Å². The lowest BCUT2D eigenvalue weighted by Crippen LogP contribution is -2.45. The number of halogens is 4. The summed E-state index contributed by atoms with van der Waals surface area (Å²) in [6.45, 7) is 7.65. The lowest BCUT2D eigenvalue weighted by molar-refractivity contribution is 0.467. The zero-order valence-corrected chi connectivity index (χ0v) is 28.4. The Bertz CT molecular complexity index is 1690. The van der Waals surface area contributed by atoms with Gasteiger partial charge in [0.2, 0.25) is 0 Å². The van der Waals surface area contributed by atoms with E-state index in [0.29, 0.717) is 50.4 Å². The number of hydrogen-bond acceptors (Lipinski definition) is 8. The van der Waals surface area contributed by atoms with Crippen LogP contribution in [0.15, 0.2) is 48.3 Å². The highest BCUT2D eigenvalue weighted by Crippen LogP contribution is 2.47. The molecule has 0 fully saturated rings. The second kappa shape index (κ2) is 12.8. The molecule has 3 unspecified atom stereocenters. The van der Waals surface area contributed by atoms with E-state index in [-0.39, 0.29) is 13.1 Å². The molecule has 0 aromatic heterocycles. The van der Waals surface area contributed by atoms with Crippen molar-refractivity contribution >= 4 is 89.4 Å². The molecule has 0 spiro atoms. The molecule has 2 aliphatic rings. The summed E-state index contributed by atoms with van der Waals surface area (Å²) in [4.78, 5) is 7.54. The smallest absolute Gasteiger partial charge is 0.269 e. The molecule has 16 heteroatoms. The zero-order chi connectivity index (χ0) is 32.0. The van der Waals surface area contributed by atoms with Crippen LogP contribution in [0.2, 0.25) is 20.1 Å². The number of nitrogens with zero attached hydrogens (tertiary/aromatic N) is 4. The Morgan fingerprint density at radius 2 is 1.16 bits per heavy atom. The van der Waals surface area contributed by atoms with Crippen molar-refractivity contribution in [3.8, 4) is 0 Å². The third-order valence-corrected chi connectivity index (χ3v) is 11.3. The van der Waals surface area contributed by atoms with E-state index in [4.69, 9.17) is 46.4 Å². The van der Waals surface area contributed by atoms with Gasteiger partial charge in [0, 0.05) is 26.2 Å². The van der Waals surface area contributed by atoms with Crippen LogP contribution in [0.1, 0.15) is 27.7 Å². The predicted octanol–water partition coefficient (Wildman–Crippen LogP) is 6.57. The predicted molar refractivity (Wildman–Crippen MR) is 177 cm³/mol. The summed E-state index contributed by atoms with van der Waals surface area (Å²) in [6, 6.07) is 6.75. The Hall–Kier alpha value is -1.90. The second-order valence-electron chi connectivity index (χ2n) is 10.3. The van der Waals surface area contributed by atoms with Crippen LogP contribution in [0, 0.1) is 0 Å². The highest BCUT2D eigenvalue weighted by atomic mass is 35.5. The van der Waals surface area contributed by atoms with Crippen molar-refractivity contribution in [3.05, 3.63) is 68.4 Å². The monoisotopic (exact) mass is 712 g/mol. The number of likely N-dealkylation sites (N-methyl/N-ethyl adjacent to an activating group) is 1. The van der Waals surface area contributed by atoms with Gasteiger partial charge in [-0.3, -0.25) is 9.11 Å². The molecule has 0 radical (unpaired) electrons. The van der Waals surface area contributed by atoms with Crippen molar-refractivity contribution in [1.82, 2.24) is 0 Å². The Kier molecular flexibility index (Phi) is 10.1. The molecule has 0 bridgehead atoms. The summed E-state index contributed by atoms with van der Waals surface area (Å²) in [5.41, 5.74) is 2.75. The van der Waals surface area contributed by atoms with Crippen LogP contribution >= 0.6 is 46.4 Å². The summed E-state index contributed by atoms with van der Waals surface area (Å²) in [5, 5.41) is -0.950. The van der Waals surface area contributed by atoms with Gasteiger partial charge >= 0.3 is 0 Å². The van der Waals surface area contributed by atoms with E-state index in [1.165, 1.54) is 13.8 Å².